The molecule has 12 heteroatoms. The number of benzene rings is 2. The van der Waals surface area contributed by atoms with Gasteiger partial charge in [-0.3, -0.25) is 14.8 Å². The normalized spacial score (nSPS) is 10.3. The first kappa shape index (κ1) is 27.6. The van der Waals surface area contributed by atoms with Crippen LogP contribution in [-0.2, 0) is 0 Å². The summed E-state index contributed by atoms with van der Waals surface area (Å²) in [5, 5.41) is 25.5. The zero-order valence-corrected chi connectivity index (χ0v) is 22.1. The standard InChI is InChI=1S/C15H8ClFN4.C15H9FN4O/c16-14-12(17)7-10(8-18)15(21-14)20-11-3-4-13-9(6-11)2-1-5-19-13;16-12-7-10(8-17)14(20-15(12)21)19-11-3-4-13-9(6-11)2-1-5-18-13/h1-7H,(H,20,21);1-7H,(H2,19,20,21). The Morgan fingerprint density at radius 3 is 1.93 bits per heavy atom. The van der Waals surface area contributed by atoms with Gasteiger partial charge in [-0.05, 0) is 54.6 Å². The van der Waals surface area contributed by atoms with E-state index in [1.165, 1.54) is 0 Å². The highest BCUT2D eigenvalue weighted by atomic mass is 35.5. The van der Waals surface area contributed by atoms with Gasteiger partial charge in [0.25, 0.3) is 5.56 Å². The molecule has 0 radical (unpaired) electrons. The zero-order valence-electron chi connectivity index (χ0n) is 21.4. The highest BCUT2D eigenvalue weighted by Crippen LogP contribution is 2.25. The predicted molar refractivity (Wildman–Crippen MR) is 156 cm³/mol. The van der Waals surface area contributed by atoms with Crippen molar-refractivity contribution in [2.75, 3.05) is 10.6 Å². The van der Waals surface area contributed by atoms with Gasteiger partial charge in [0.05, 0.1) is 22.2 Å². The number of H-pyrrole nitrogens is 1. The van der Waals surface area contributed by atoms with Gasteiger partial charge in [0.1, 0.15) is 23.8 Å². The number of rotatable bonds is 4. The minimum Gasteiger partial charge on any atom is -0.341 e. The second kappa shape index (κ2) is 12.1. The van der Waals surface area contributed by atoms with Gasteiger partial charge in [-0.25, -0.2) is 13.8 Å². The predicted octanol–water partition coefficient (Wildman–Crippen LogP) is 6.72. The molecular weight excluding hydrogens is 562 g/mol. The number of aromatic nitrogens is 4. The number of nitrogens with one attached hydrogen (secondary N) is 3. The quantitative estimate of drug-likeness (QED) is 0.196. The second-order valence-corrected chi connectivity index (χ2v) is 9.05. The molecule has 6 aromatic rings. The van der Waals surface area contributed by atoms with Crippen molar-refractivity contribution < 1.29 is 8.78 Å². The lowest BCUT2D eigenvalue weighted by molar-refractivity contribution is 0.608. The maximum absolute atomic E-state index is 13.3. The van der Waals surface area contributed by atoms with Gasteiger partial charge >= 0.3 is 0 Å². The summed E-state index contributed by atoms with van der Waals surface area (Å²) in [6.07, 6.45) is 3.41. The Balaban J connectivity index is 0.000000168. The number of halogens is 3. The van der Waals surface area contributed by atoms with E-state index in [-0.39, 0.29) is 27.9 Å². The minimum atomic E-state index is -0.986. The summed E-state index contributed by atoms with van der Waals surface area (Å²) in [5.74, 6) is -1.33. The lowest BCUT2D eigenvalue weighted by atomic mass is 10.2. The molecule has 42 heavy (non-hydrogen) atoms. The molecule has 9 nitrogen and oxygen atoms in total. The number of hydrogen-bond donors (Lipinski definition) is 3. The maximum Gasteiger partial charge on any atom is 0.285 e. The fourth-order valence-corrected chi connectivity index (χ4v) is 4.07. The molecule has 0 aliphatic rings. The first-order chi connectivity index (χ1) is 20.3. The van der Waals surface area contributed by atoms with E-state index in [0.29, 0.717) is 11.4 Å². The average Bonchev–Trinajstić information content (AvgIpc) is 3.00. The summed E-state index contributed by atoms with van der Waals surface area (Å²) in [6.45, 7) is 0. The van der Waals surface area contributed by atoms with Crippen molar-refractivity contribution in [3.63, 3.8) is 0 Å². The number of nitrogens with zero attached hydrogens (tertiary/aromatic N) is 5. The Kier molecular flexibility index (Phi) is 7.96. The third-order valence-corrected chi connectivity index (χ3v) is 6.17. The maximum atomic E-state index is 13.3. The number of nitriles is 2. The fraction of sp³-hybridized carbons (Fsp3) is 0. The zero-order chi connectivity index (χ0) is 29.6. The van der Waals surface area contributed by atoms with Crippen molar-refractivity contribution in [2.24, 2.45) is 0 Å². The van der Waals surface area contributed by atoms with Crippen molar-refractivity contribution in [3.05, 3.63) is 123 Å². The molecule has 0 aliphatic heterocycles. The lowest BCUT2D eigenvalue weighted by Crippen LogP contribution is -2.13. The third kappa shape index (κ3) is 6.12. The smallest absolute Gasteiger partial charge is 0.285 e. The number of aromatic amines is 1. The van der Waals surface area contributed by atoms with Crippen LogP contribution in [0.25, 0.3) is 21.8 Å². The van der Waals surface area contributed by atoms with E-state index in [1.807, 2.05) is 60.7 Å². The summed E-state index contributed by atoms with van der Waals surface area (Å²) in [4.78, 5) is 25.9. The molecule has 0 atom stereocenters. The Morgan fingerprint density at radius 1 is 0.762 bits per heavy atom. The van der Waals surface area contributed by atoms with E-state index >= 15 is 0 Å². The van der Waals surface area contributed by atoms with Crippen LogP contribution in [0.2, 0.25) is 5.15 Å². The van der Waals surface area contributed by atoms with Gasteiger partial charge in [0.2, 0.25) is 0 Å². The molecule has 0 saturated heterocycles. The molecule has 0 amide bonds. The molecule has 4 heterocycles. The second-order valence-electron chi connectivity index (χ2n) is 8.69. The monoisotopic (exact) mass is 578 g/mol. The molecule has 204 valence electrons. The van der Waals surface area contributed by atoms with Crippen molar-refractivity contribution in [1.82, 2.24) is 19.9 Å². The molecule has 6 rings (SSSR count). The summed E-state index contributed by atoms with van der Waals surface area (Å²) >= 11 is 5.66. The van der Waals surface area contributed by atoms with Gasteiger partial charge in [0.15, 0.2) is 16.8 Å². The lowest BCUT2D eigenvalue weighted by Gasteiger charge is -2.09. The topological polar surface area (TPSA) is 143 Å². The molecule has 2 aromatic carbocycles. The van der Waals surface area contributed by atoms with Crippen LogP contribution < -0.4 is 16.2 Å². The number of hydrogen-bond acceptors (Lipinski definition) is 8. The summed E-state index contributed by atoms with van der Waals surface area (Å²) < 4.78 is 26.5. The van der Waals surface area contributed by atoms with Crippen LogP contribution in [-0.4, -0.2) is 19.9 Å². The molecular formula is C30H17ClF2N8O. The molecule has 0 bridgehead atoms. The summed E-state index contributed by atoms with van der Waals surface area (Å²) in [5.41, 5.74) is 2.29. The first-order valence-electron chi connectivity index (χ1n) is 12.2. The van der Waals surface area contributed by atoms with Gasteiger partial charge in [-0.1, -0.05) is 23.7 Å². The fourth-order valence-electron chi connectivity index (χ4n) is 3.93. The Hall–Kier alpha value is -5.91. The third-order valence-electron chi connectivity index (χ3n) is 5.91. The van der Waals surface area contributed by atoms with Gasteiger partial charge < -0.3 is 15.6 Å². The number of pyridine rings is 4. The minimum absolute atomic E-state index is 0.0263. The summed E-state index contributed by atoms with van der Waals surface area (Å²) in [7, 11) is 0. The molecule has 0 fully saturated rings. The molecule has 0 aliphatic carbocycles. The summed E-state index contributed by atoms with van der Waals surface area (Å²) in [6, 6.07) is 24.0. The van der Waals surface area contributed by atoms with E-state index < -0.39 is 17.2 Å². The van der Waals surface area contributed by atoms with Crippen LogP contribution in [0.3, 0.4) is 0 Å². The van der Waals surface area contributed by atoms with Crippen LogP contribution in [0.15, 0.2) is 90.0 Å². The average molecular weight is 579 g/mol. The van der Waals surface area contributed by atoms with E-state index in [4.69, 9.17) is 22.1 Å². The molecule has 4 aromatic heterocycles. The molecule has 3 N–H and O–H groups in total. The van der Waals surface area contributed by atoms with Crippen LogP contribution in [0.4, 0.5) is 31.8 Å². The molecule has 0 spiro atoms. The van der Waals surface area contributed by atoms with Crippen molar-refractivity contribution in [3.8, 4) is 12.1 Å². The first-order valence-corrected chi connectivity index (χ1v) is 12.5. The highest BCUT2D eigenvalue weighted by molar-refractivity contribution is 6.29. The van der Waals surface area contributed by atoms with Crippen molar-refractivity contribution in [2.45, 2.75) is 0 Å². The highest BCUT2D eigenvalue weighted by Gasteiger charge is 2.11. The Labute approximate surface area is 241 Å². The van der Waals surface area contributed by atoms with Crippen molar-refractivity contribution >= 4 is 56.4 Å². The van der Waals surface area contributed by atoms with Crippen LogP contribution >= 0.6 is 11.6 Å². The van der Waals surface area contributed by atoms with E-state index in [2.05, 4.69) is 30.6 Å². The van der Waals surface area contributed by atoms with Crippen LogP contribution in [0, 0.1) is 34.3 Å². The SMILES string of the molecule is N#Cc1cc(F)c(=O)[nH]c1Nc1ccc2ncccc2c1.N#Cc1cc(F)c(Cl)nc1Nc1ccc2ncccc2c1. The Bertz CT molecular complexity index is 2100. The molecule has 0 saturated carbocycles. The van der Waals surface area contributed by atoms with E-state index in [9.17, 15) is 13.6 Å². The van der Waals surface area contributed by atoms with Gasteiger partial charge in [-0.15, -0.1) is 0 Å². The van der Waals surface area contributed by atoms with E-state index in [0.717, 1.165) is 33.9 Å². The van der Waals surface area contributed by atoms with Crippen LogP contribution in [0.1, 0.15) is 11.1 Å². The largest absolute Gasteiger partial charge is 0.341 e. The van der Waals surface area contributed by atoms with Crippen molar-refractivity contribution in [1.29, 1.82) is 10.5 Å². The van der Waals surface area contributed by atoms with E-state index in [1.54, 1.807) is 24.5 Å². The van der Waals surface area contributed by atoms with Gasteiger partial charge in [0, 0.05) is 40.6 Å². The Morgan fingerprint density at radius 2 is 1.33 bits per heavy atom. The number of fused-ring (bicyclic) bond motifs is 2. The number of anilines is 4. The molecule has 0 unspecified atom stereocenters. The van der Waals surface area contributed by atoms with Crippen LogP contribution in [0.5, 0.6) is 0 Å². The van der Waals surface area contributed by atoms with Gasteiger partial charge in [-0.2, -0.15) is 10.5 Å².